The molecule has 5 heteroatoms. The van der Waals surface area contributed by atoms with Gasteiger partial charge in [0, 0.05) is 18.9 Å². The van der Waals surface area contributed by atoms with Crippen LogP contribution < -0.4 is 5.48 Å². The Hall–Kier alpha value is -0.650. The monoisotopic (exact) mass is 341 g/mol. The molecule has 2 N–H and O–H groups in total. The molecule has 5 nitrogen and oxygen atoms in total. The lowest BCUT2D eigenvalue weighted by atomic mass is 9.76. The van der Waals surface area contributed by atoms with Crippen molar-refractivity contribution >= 4 is 5.97 Å². The van der Waals surface area contributed by atoms with Gasteiger partial charge in [0.15, 0.2) is 0 Å². The number of unbranched alkanes of at least 4 members (excludes halogenated alkanes) is 5. The maximum atomic E-state index is 10.5. The molecule has 0 amide bonds. The zero-order chi connectivity index (χ0) is 17.2. The van der Waals surface area contributed by atoms with Crippen LogP contribution in [0.3, 0.4) is 0 Å². The number of aliphatic carboxylic acids is 1. The van der Waals surface area contributed by atoms with Crippen molar-refractivity contribution in [1.29, 1.82) is 0 Å². The van der Waals surface area contributed by atoms with Crippen molar-refractivity contribution in [2.45, 2.75) is 89.8 Å². The van der Waals surface area contributed by atoms with Crippen molar-refractivity contribution in [3.8, 4) is 0 Å². The molecular formula is C19H35NO4. The van der Waals surface area contributed by atoms with Gasteiger partial charge in [0.2, 0.25) is 0 Å². The Labute approximate surface area is 146 Å². The molecule has 0 aromatic heterocycles. The number of rotatable bonds is 14. The fraction of sp³-hybridized carbons (Fsp3) is 0.947. The maximum Gasteiger partial charge on any atom is 0.303 e. The topological polar surface area (TPSA) is 67.8 Å². The number of hydrogen-bond donors (Lipinski definition) is 2. The van der Waals surface area contributed by atoms with E-state index in [1.54, 1.807) is 0 Å². The first-order valence-corrected chi connectivity index (χ1v) is 9.94. The Morgan fingerprint density at radius 1 is 1.08 bits per heavy atom. The molecule has 2 saturated heterocycles. The molecule has 140 valence electrons. The molecule has 0 aromatic rings. The molecule has 2 heterocycles. The Bertz CT molecular complexity index is 363. The van der Waals surface area contributed by atoms with Crippen LogP contribution >= 0.6 is 0 Å². The number of hydroxylamine groups is 1. The number of carboxylic acids is 1. The van der Waals surface area contributed by atoms with E-state index in [4.69, 9.17) is 14.7 Å². The lowest BCUT2D eigenvalue weighted by Crippen LogP contribution is -2.35. The summed E-state index contributed by atoms with van der Waals surface area (Å²) < 4.78 is 6.13. The molecule has 2 fully saturated rings. The highest BCUT2D eigenvalue weighted by atomic mass is 16.6. The van der Waals surface area contributed by atoms with Crippen LogP contribution in [0, 0.1) is 11.8 Å². The molecular weight excluding hydrogens is 306 g/mol. The molecule has 0 aliphatic carbocycles. The van der Waals surface area contributed by atoms with Crippen molar-refractivity contribution in [3.63, 3.8) is 0 Å². The Morgan fingerprint density at radius 3 is 2.58 bits per heavy atom. The normalized spacial score (nSPS) is 28.5. The predicted octanol–water partition coefficient (Wildman–Crippen LogP) is 3.92. The second kappa shape index (κ2) is 11.1. The lowest BCUT2D eigenvalue weighted by molar-refractivity contribution is -0.137. The average Bonchev–Trinajstić information content (AvgIpc) is 3.15. The van der Waals surface area contributed by atoms with E-state index in [1.807, 2.05) is 0 Å². The number of ether oxygens (including phenoxy) is 1. The first kappa shape index (κ1) is 19.7. The van der Waals surface area contributed by atoms with Crippen molar-refractivity contribution < 1.29 is 19.5 Å². The zero-order valence-corrected chi connectivity index (χ0v) is 15.2. The van der Waals surface area contributed by atoms with Crippen molar-refractivity contribution in [2.24, 2.45) is 11.8 Å². The highest BCUT2D eigenvalue weighted by molar-refractivity contribution is 5.66. The minimum atomic E-state index is -0.679. The molecule has 4 atom stereocenters. The smallest absolute Gasteiger partial charge is 0.303 e. The second-order valence-electron chi connectivity index (χ2n) is 7.37. The molecule has 24 heavy (non-hydrogen) atoms. The van der Waals surface area contributed by atoms with Crippen molar-refractivity contribution in [3.05, 3.63) is 0 Å². The minimum absolute atomic E-state index is 0.305. The van der Waals surface area contributed by atoms with E-state index in [0.717, 1.165) is 38.8 Å². The Kier molecular flexibility index (Phi) is 9.07. The van der Waals surface area contributed by atoms with E-state index in [0.29, 0.717) is 30.5 Å². The second-order valence-corrected chi connectivity index (χ2v) is 7.37. The Morgan fingerprint density at radius 2 is 1.83 bits per heavy atom. The number of nitrogens with one attached hydrogen (secondary N) is 1. The lowest BCUT2D eigenvalue weighted by Gasteiger charge is -2.28. The molecule has 0 spiro atoms. The third kappa shape index (κ3) is 6.34. The fourth-order valence-electron chi connectivity index (χ4n) is 4.21. The summed E-state index contributed by atoms with van der Waals surface area (Å²) in [6.45, 7) is 3.90. The van der Waals surface area contributed by atoms with E-state index >= 15 is 0 Å². The molecule has 0 saturated carbocycles. The summed E-state index contributed by atoms with van der Waals surface area (Å²) in [4.78, 5) is 16.1. The molecule has 2 rings (SSSR count). The summed E-state index contributed by atoms with van der Waals surface area (Å²) in [6, 6.07) is 0. The third-order valence-electron chi connectivity index (χ3n) is 5.54. The van der Waals surface area contributed by atoms with Gasteiger partial charge < -0.3 is 14.7 Å². The van der Waals surface area contributed by atoms with Crippen LogP contribution in [-0.4, -0.2) is 36.4 Å². The summed E-state index contributed by atoms with van der Waals surface area (Å²) in [5.74, 6) is 0.547. The van der Waals surface area contributed by atoms with Gasteiger partial charge >= 0.3 is 5.97 Å². The van der Waals surface area contributed by atoms with Gasteiger partial charge in [0.05, 0.1) is 18.8 Å². The largest absolute Gasteiger partial charge is 0.481 e. The standard InChI is InChI=1S/C19H35NO4/c1-2-3-8-13-23-20-14-16-15(17-11-12-18(16)24-17)9-6-4-5-7-10-19(21)22/h15-18,20H,2-14H2,1H3,(H,21,22). The molecule has 0 aromatic carbocycles. The van der Waals surface area contributed by atoms with Crippen molar-refractivity contribution in [2.75, 3.05) is 13.2 Å². The number of hydrogen-bond acceptors (Lipinski definition) is 4. The highest BCUT2D eigenvalue weighted by Gasteiger charge is 2.47. The Balaban J connectivity index is 1.59. The summed E-state index contributed by atoms with van der Waals surface area (Å²) >= 11 is 0. The zero-order valence-electron chi connectivity index (χ0n) is 15.2. The van der Waals surface area contributed by atoms with Crippen LogP contribution in [0.4, 0.5) is 0 Å². The van der Waals surface area contributed by atoms with Gasteiger partial charge in [-0.2, -0.15) is 0 Å². The number of carbonyl (C=O) groups is 1. The average molecular weight is 341 g/mol. The predicted molar refractivity (Wildman–Crippen MR) is 93.7 cm³/mol. The van der Waals surface area contributed by atoms with E-state index in [2.05, 4.69) is 12.4 Å². The van der Waals surface area contributed by atoms with Gasteiger partial charge in [0.25, 0.3) is 0 Å². The SMILES string of the molecule is CCCCCONCC1C2CCC(O2)C1CCCCCCC(=O)O. The van der Waals surface area contributed by atoms with Crippen LogP contribution in [0.1, 0.15) is 77.6 Å². The first-order valence-electron chi connectivity index (χ1n) is 9.94. The summed E-state index contributed by atoms with van der Waals surface area (Å²) in [6.07, 6.45) is 12.5. The van der Waals surface area contributed by atoms with Gasteiger partial charge in [-0.15, -0.1) is 0 Å². The van der Waals surface area contributed by atoms with Crippen LogP contribution in [0.5, 0.6) is 0 Å². The summed E-state index contributed by atoms with van der Waals surface area (Å²) in [5, 5.41) is 8.66. The maximum absolute atomic E-state index is 10.5. The van der Waals surface area contributed by atoms with Gasteiger partial charge in [-0.3, -0.25) is 4.79 Å². The highest BCUT2D eigenvalue weighted by Crippen LogP contribution is 2.45. The van der Waals surface area contributed by atoms with Crippen LogP contribution in [-0.2, 0) is 14.4 Å². The fourth-order valence-corrected chi connectivity index (χ4v) is 4.21. The molecule has 4 unspecified atom stereocenters. The van der Waals surface area contributed by atoms with Crippen LogP contribution in [0.2, 0.25) is 0 Å². The van der Waals surface area contributed by atoms with E-state index in [9.17, 15) is 4.79 Å². The van der Waals surface area contributed by atoms with Gasteiger partial charge in [-0.1, -0.05) is 39.0 Å². The van der Waals surface area contributed by atoms with E-state index in [1.165, 1.54) is 38.5 Å². The van der Waals surface area contributed by atoms with E-state index in [-0.39, 0.29) is 0 Å². The van der Waals surface area contributed by atoms with Gasteiger partial charge in [-0.05, 0) is 38.0 Å². The number of fused-ring (bicyclic) bond motifs is 2. The molecule has 0 radical (unpaired) electrons. The molecule has 2 aliphatic heterocycles. The van der Waals surface area contributed by atoms with Gasteiger partial charge in [-0.25, -0.2) is 5.48 Å². The summed E-state index contributed by atoms with van der Waals surface area (Å²) in [5.41, 5.74) is 3.18. The molecule has 2 bridgehead atoms. The quantitative estimate of drug-likeness (QED) is 0.370. The molecule has 2 aliphatic rings. The third-order valence-corrected chi connectivity index (χ3v) is 5.54. The minimum Gasteiger partial charge on any atom is -0.481 e. The van der Waals surface area contributed by atoms with Crippen LogP contribution in [0.25, 0.3) is 0 Å². The van der Waals surface area contributed by atoms with Crippen molar-refractivity contribution in [1.82, 2.24) is 5.48 Å². The van der Waals surface area contributed by atoms with Crippen LogP contribution in [0.15, 0.2) is 0 Å². The van der Waals surface area contributed by atoms with Gasteiger partial charge in [0.1, 0.15) is 0 Å². The summed E-state index contributed by atoms with van der Waals surface area (Å²) in [7, 11) is 0. The first-order chi connectivity index (χ1) is 11.7. The number of carboxylic acid groups (broad SMARTS) is 1. The van der Waals surface area contributed by atoms with E-state index < -0.39 is 5.97 Å².